The number of carbonyl (C=O) groups excluding carboxylic acids is 1. The first-order chi connectivity index (χ1) is 15.5. The van der Waals surface area contributed by atoms with Crippen LogP contribution in [0.4, 0.5) is 0 Å². The van der Waals surface area contributed by atoms with Gasteiger partial charge in [0, 0.05) is 39.8 Å². The Morgan fingerprint density at radius 3 is 2.09 bits per heavy atom. The molecule has 182 valence electrons. The highest BCUT2D eigenvalue weighted by atomic mass is 127. The predicted octanol–water partition coefficient (Wildman–Crippen LogP) is 3.75. The largest absolute Gasteiger partial charge is 0.490 e. The fourth-order valence-electron chi connectivity index (χ4n) is 3.24. The Kier molecular flexibility index (Phi) is 13.3. The van der Waals surface area contributed by atoms with Gasteiger partial charge in [-0.05, 0) is 62.1 Å². The number of ether oxygens (including phenoxy) is 2. The Balaban J connectivity index is 0.00000544. The van der Waals surface area contributed by atoms with E-state index in [0.29, 0.717) is 18.8 Å². The Morgan fingerprint density at radius 1 is 0.909 bits per heavy atom. The van der Waals surface area contributed by atoms with E-state index in [1.807, 2.05) is 50.2 Å². The summed E-state index contributed by atoms with van der Waals surface area (Å²) in [5.41, 5.74) is 2.98. The number of halogens is 1. The third kappa shape index (κ3) is 9.49. The molecule has 33 heavy (non-hydrogen) atoms. The van der Waals surface area contributed by atoms with E-state index in [-0.39, 0.29) is 29.9 Å². The van der Waals surface area contributed by atoms with Crippen molar-refractivity contribution in [2.75, 3.05) is 47.4 Å². The molecule has 0 atom stereocenters. The molecule has 0 saturated carbocycles. The molecule has 0 radical (unpaired) electrons. The van der Waals surface area contributed by atoms with Gasteiger partial charge in [0.1, 0.15) is 0 Å². The van der Waals surface area contributed by atoms with Crippen molar-refractivity contribution >= 4 is 35.8 Å². The smallest absolute Gasteiger partial charge is 0.253 e. The predicted molar refractivity (Wildman–Crippen MR) is 145 cm³/mol. The summed E-state index contributed by atoms with van der Waals surface area (Å²) in [4.78, 5) is 18.0. The molecule has 0 saturated heterocycles. The second-order valence-corrected chi connectivity index (χ2v) is 7.47. The highest BCUT2D eigenvalue weighted by Gasteiger charge is 2.09. The molecule has 8 heteroatoms. The quantitative estimate of drug-likeness (QED) is 0.246. The molecule has 0 bridgehead atoms. The lowest BCUT2D eigenvalue weighted by atomic mass is 10.1. The van der Waals surface area contributed by atoms with E-state index in [9.17, 15) is 4.79 Å². The molecule has 1 amide bonds. The molecule has 2 aromatic carbocycles. The number of amides is 1. The van der Waals surface area contributed by atoms with Crippen molar-refractivity contribution in [3.05, 3.63) is 59.2 Å². The fraction of sp³-hybridized carbons (Fsp3) is 0.440. The second-order valence-electron chi connectivity index (χ2n) is 7.47. The van der Waals surface area contributed by atoms with Gasteiger partial charge in [-0.15, -0.1) is 24.0 Å². The third-order valence-electron chi connectivity index (χ3n) is 4.82. The van der Waals surface area contributed by atoms with Crippen molar-refractivity contribution in [3.8, 4) is 11.5 Å². The minimum Gasteiger partial charge on any atom is -0.490 e. The number of benzene rings is 2. The van der Waals surface area contributed by atoms with E-state index >= 15 is 0 Å². The van der Waals surface area contributed by atoms with Crippen LogP contribution in [-0.4, -0.2) is 64.2 Å². The van der Waals surface area contributed by atoms with Gasteiger partial charge in [-0.2, -0.15) is 0 Å². The monoisotopic (exact) mass is 568 g/mol. The number of nitrogens with one attached hydrogen (secondary N) is 2. The highest BCUT2D eigenvalue weighted by molar-refractivity contribution is 14.0. The van der Waals surface area contributed by atoms with Crippen molar-refractivity contribution in [2.45, 2.75) is 26.7 Å². The molecule has 0 aliphatic heterocycles. The number of hydrogen-bond donors (Lipinski definition) is 2. The van der Waals surface area contributed by atoms with Gasteiger partial charge in [0.2, 0.25) is 0 Å². The minimum atomic E-state index is 0. The van der Waals surface area contributed by atoms with E-state index < -0.39 is 0 Å². The molecule has 2 aromatic rings. The summed E-state index contributed by atoms with van der Waals surface area (Å²) in [6.45, 7) is 6.61. The molecule has 0 aliphatic carbocycles. The van der Waals surface area contributed by atoms with Gasteiger partial charge < -0.3 is 25.0 Å². The maximum Gasteiger partial charge on any atom is 0.253 e. The van der Waals surface area contributed by atoms with Crippen LogP contribution in [0.1, 0.15) is 35.3 Å². The molecule has 0 spiro atoms. The summed E-state index contributed by atoms with van der Waals surface area (Å²) < 4.78 is 11.3. The van der Waals surface area contributed by atoms with Gasteiger partial charge in [0.15, 0.2) is 17.5 Å². The second kappa shape index (κ2) is 15.4. The highest BCUT2D eigenvalue weighted by Crippen LogP contribution is 2.28. The van der Waals surface area contributed by atoms with Gasteiger partial charge in [-0.25, -0.2) is 0 Å². The molecule has 0 heterocycles. The van der Waals surface area contributed by atoms with Gasteiger partial charge in [0.25, 0.3) is 5.91 Å². The van der Waals surface area contributed by atoms with Crippen LogP contribution in [0.2, 0.25) is 0 Å². The number of guanidine groups is 1. The molecule has 0 aliphatic rings. The topological polar surface area (TPSA) is 75.2 Å². The minimum absolute atomic E-state index is 0. The van der Waals surface area contributed by atoms with Gasteiger partial charge in [0.05, 0.1) is 13.2 Å². The summed E-state index contributed by atoms with van der Waals surface area (Å²) in [7, 11) is 5.28. The molecule has 2 rings (SSSR count). The molecule has 7 nitrogen and oxygen atoms in total. The van der Waals surface area contributed by atoms with Crippen LogP contribution in [0.3, 0.4) is 0 Å². The van der Waals surface area contributed by atoms with Gasteiger partial charge in [-0.1, -0.05) is 18.2 Å². The molecule has 0 fully saturated rings. The van der Waals surface area contributed by atoms with Crippen molar-refractivity contribution in [1.29, 1.82) is 0 Å². The average molecular weight is 569 g/mol. The van der Waals surface area contributed by atoms with Crippen LogP contribution in [0.25, 0.3) is 0 Å². The number of aliphatic imine (C=N–C) groups is 1. The molecule has 0 aromatic heterocycles. The number of hydrogen-bond acceptors (Lipinski definition) is 4. The van der Waals surface area contributed by atoms with E-state index in [0.717, 1.165) is 49.0 Å². The van der Waals surface area contributed by atoms with Crippen LogP contribution >= 0.6 is 24.0 Å². The van der Waals surface area contributed by atoms with Gasteiger partial charge in [-0.3, -0.25) is 9.79 Å². The zero-order valence-electron chi connectivity index (χ0n) is 20.3. The zero-order valence-corrected chi connectivity index (χ0v) is 22.6. The van der Waals surface area contributed by atoms with Crippen LogP contribution in [0, 0.1) is 0 Å². The number of carbonyl (C=O) groups is 1. The Labute approximate surface area is 215 Å². The average Bonchev–Trinajstić information content (AvgIpc) is 2.79. The summed E-state index contributed by atoms with van der Waals surface area (Å²) in [5, 5.41) is 6.68. The maximum atomic E-state index is 12.1. The summed E-state index contributed by atoms with van der Waals surface area (Å²) in [5.74, 6) is 2.32. The lowest BCUT2D eigenvalue weighted by Crippen LogP contribution is -2.39. The first-order valence-electron chi connectivity index (χ1n) is 11.1. The SMILES string of the molecule is CCOc1ccc(CCNC(=NC)NCCc2cccc(C(=O)N(C)C)c2)cc1OCC.I. The Morgan fingerprint density at radius 2 is 1.52 bits per heavy atom. The summed E-state index contributed by atoms with van der Waals surface area (Å²) in [6, 6.07) is 13.8. The normalized spacial score (nSPS) is 10.8. The molecule has 2 N–H and O–H groups in total. The summed E-state index contributed by atoms with van der Waals surface area (Å²) in [6.07, 6.45) is 1.63. The maximum absolute atomic E-state index is 12.1. The first kappa shape index (κ1) is 28.5. The lowest BCUT2D eigenvalue weighted by Gasteiger charge is -2.14. The fourth-order valence-corrected chi connectivity index (χ4v) is 3.24. The van der Waals surface area contributed by atoms with Crippen molar-refractivity contribution in [2.24, 2.45) is 4.99 Å². The summed E-state index contributed by atoms with van der Waals surface area (Å²) >= 11 is 0. The van der Waals surface area contributed by atoms with Crippen LogP contribution in [-0.2, 0) is 12.8 Å². The van der Waals surface area contributed by atoms with E-state index in [1.165, 1.54) is 5.56 Å². The Bertz CT molecular complexity index is 903. The standard InChI is InChI=1S/C25H36N4O3.HI/c1-6-31-22-12-11-20(18-23(22)32-7-2)14-16-28-25(26-3)27-15-13-19-9-8-10-21(17-19)24(30)29(4)5;/h8-12,17-18H,6-7,13-16H2,1-5H3,(H2,26,27,28);1H. The van der Waals surface area contributed by atoms with E-state index in [1.54, 1.807) is 26.0 Å². The van der Waals surface area contributed by atoms with Gasteiger partial charge >= 0.3 is 0 Å². The molecule has 0 unspecified atom stereocenters. The zero-order chi connectivity index (χ0) is 23.3. The van der Waals surface area contributed by atoms with E-state index in [4.69, 9.17) is 9.47 Å². The van der Waals surface area contributed by atoms with Crippen LogP contribution in [0.5, 0.6) is 11.5 Å². The van der Waals surface area contributed by atoms with Crippen molar-refractivity contribution < 1.29 is 14.3 Å². The molecular formula is C25H37IN4O3. The first-order valence-corrected chi connectivity index (χ1v) is 11.1. The number of nitrogens with zero attached hydrogens (tertiary/aromatic N) is 2. The van der Waals surface area contributed by atoms with Crippen molar-refractivity contribution in [1.82, 2.24) is 15.5 Å². The van der Waals surface area contributed by atoms with Crippen LogP contribution < -0.4 is 20.1 Å². The molecular weight excluding hydrogens is 531 g/mol. The van der Waals surface area contributed by atoms with Crippen molar-refractivity contribution in [3.63, 3.8) is 0 Å². The third-order valence-corrected chi connectivity index (χ3v) is 4.82. The van der Waals surface area contributed by atoms with E-state index in [2.05, 4.69) is 21.7 Å². The number of rotatable bonds is 11. The Hall–Kier alpha value is -2.49. The van der Waals surface area contributed by atoms with Crippen LogP contribution in [0.15, 0.2) is 47.5 Å². The lowest BCUT2D eigenvalue weighted by molar-refractivity contribution is 0.0827.